The second-order valence-electron chi connectivity index (χ2n) is 5.35. The van der Waals surface area contributed by atoms with Gasteiger partial charge < -0.3 is 9.73 Å². The number of carbonyl (C=O) groups is 1. The Morgan fingerprint density at radius 3 is 2.46 bits per heavy atom. The summed E-state index contributed by atoms with van der Waals surface area (Å²) in [4.78, 5) is 12.3. The molecule has 0 aliphatic heterocycles. The van der Waals surface area contributed by atoms with Gasteiger partial charge in [-0.3, -0.25) is 4.79 Å². The number of amides is 1. The van der Waals surface area contributed by atoms with Crippen molar-refractivity contribution < 1.29 is 9.21 Å². The Labute approximate surface area is 160 Å². The second kappa shape index (κ2) is 7.92. The number of nitriles is 1. The molecule has 1 aromatic heterocycles. The summed E-state index contributed by atoms with van der Waals surface area (Å²) in [6.07, 6.45) is 1.38. The zero-order valence-electron chi connectivity index (χ0n) is 13.4. The van der Waals surface area contributed by atoms with E-state index >= 15 is 0 Å². The fourth-order valence-electron chi connectivity index (χ4n) is 2.28. The molecule has 0 saturated carbocycles. The molecule has 2 aromatic carbocycles. The zero-order valence-corrected chi connectivity index (χ0v) is 14.9. The Kier molecular flexibility index (Phi) is 5.43. The van der Waals surface area contributed by atoms with E-state index in [4.69, 9.17) is 27.6 Å². The molecule has 1 heterocycles. The molecule has 1 amide bonds. The first-order chi connectivity index (χ1) is 12.5. The van der Waals surface area contributed by atoms with Gasteiger partial charge >= 0.3 is 0 Å². The number of hydrogen-bond acceptors (Lipinski definition) is 3. The van der Waals surface area contributed by atoms with Crippen LogP contribution in [0.4, 0.5) is 5.69 Å². The van der Waals surface area contributed by atoms with Crippen LogP contribution in [0.1, 0.15) is 5.76 Å². The van der Waals surface area contributed by atoms with E-state index in [1.54, 1.807) is 48.5 Å². The first-order valence-electron chi connectivity index (χ1n) is 7.59. The average Bonchev–Trinajstić information content (AvgIpc) is 3.08. The van der Waals surface area contributed by atoms with Crippen molar-refractivity contribution in [2.75, 3.05) is 5.32 Å². The van der Waals surface area contributed by atoms with Crippen LogP contribution in [0.5, 0.6) is 0 Å². The molecule has 0 aliphatic carbocycles. The molecule has 0 atom stereocenters. The van der Waals surface area contributed by atoms with Gasteiger partial charge in [-0.25, -0.2) is 0 Å². The largest absolute Gasteiger partial charge is 0.457 e. The van der Waals surface area contributed by atoms with E-state index in [1.807, 2.05) is 18.2 Å². The molecule has 6 heteroatoms. The Bertz CT molecular complexity index is 1030. The highest BCUT2D eigenvalue weighted by atomic mass is 35.5. The molecule has 3 rings (SSSR count). The predicted molar refractivity (Wildman–Crippen MR) is 103 cm³/mol. The number of hydrogen-bond donors (Lipinski definition) is 1. The lowest BCUT2D eigenvalue weighted by Gasteiger charge is -2.04. The molecule has 0 bridgehead atoms. The summed E-state index contributed by atoms with van der Waals surface area (Å²) >= 11 is 11.9. The summed E-state index contributed by atoms with van der Waals surface area (Å²) in [5.74, 6) is 0.430. The van der Waals surface area contributed by atoms with Gasteiger partial charge in [0.25, 0.3) is 5.91 Å². The van der Waals surface area contributed by atoms with Gasteiger partial charge in [0.05, 0.1) is 0 Å². The predicted octanol–water partition coefficient (Wildman–Crippen LogP) is 5.80. The van der Waals surface area contributed by atoms with E-state index in [-0.39, 0.29) is 5.57 Å². The molecular weight excluding hydrogens is 371 g/mol. The highest BCUT2D eigenvalue weighted by Gasteiger charge is 2.12. The topological polar surface area (TPSA) is 66.0 Å². The van der Waals surface area contributed by atoms with Gasteiger partial charge in [0, 0.05) is 27.4 Å². The molecule has 3 aromatic rings. The van der Waals surface area contributed by atoms with Crippen molar-refractivity contribution in [3.63, 3.8) is 0 Å². The molecule has 128 valence electrons. The van der Waals surface area contributed by atoms with Crippen LogP contribution < -0.4 is 5.32 Å². The van der Waals surface area contributed by atoms with Crippen LogP contribution in [0.2, 0.25) is 10.0 Å². The Hall–Kier alpha value is -3.00. The number of nitrogens with one attached hydrogen (secondary N) is 1. The highest BCUT2D eigenvalue weighted by Crippen LogP contribution is 2.26. The number of furan rings is 1. The first-order valence-corrected chi connectivity index (χ1v) is 8.35. The lowest BCUT2D eigenvalue weighted by molar-refractivity contribution is -0.112. The van der Waals surface area contributed by atoms with E-state index in [9.17, 15) is 10.1 Å². The van der Waals surface area contributed by atoms with Gasteiger partial charge in [0.15, 0.2) is 0 Å². The van der Waals surface area contributed by atoms with Crippen molar-refractivity contribution >= 4 is 40.9 Å². The number of carbonyl (C=O) groups excluding carboxylic acids is 1. The minimum absolute atomic E-state index is 0.0861. The fourth-order valence-corrected chi connectivity index (χ4v) is 2.66. The van der Waals surface area contributed by atoms with Crippen LogP contribution >= 0.6 is 23.2 Å². The number of nitrogens with zero attached hydrogens (tertiary/aromatic N) is 1. The van der Waals surface area contributed by atoms with Gasteiger partial charge in [-0.2, -0.15) is 5.26 Å². The summed E-state index contributed by atoms with van der Waals surface area (Å²) in [7, 11) is 0. The summed E-state index contributed by atoms with van der Waals surface area (Å²) < 4.78 is 5.69. The number of rotatable bonds is 4. The molecule has 0 radical (unpaired) electrons. The number of halogens is 2. The molecule has 0 fully saturated rings. The third-order valence-electron chi connectivity index (χ3n) is 3.47. The van der Waals surface area contributed by atoms with Gasteiger partial charge in [-0.1, -0.05) is 41.4 Å². The lowest BCUT2D eigenvalue weighted by Crippen LogP contribution is -2.13. The third kappa shape index (κ3) is 4.34. The van der Waals surface area contributed by atoms with E-state index in [0.29, 0.717) is 27.3 Å². The zero-order chi connectivity index (χ0) is 18.5. The van der Waals surface area contributed by atoms with Crippen molar-refractivity contribution in [1.82, 2.24) is 0 Å². The van der Waals surface area contributed by atoms with Gasteiger partial charge in [-0.15, -0.1) is 0 Å². The van der Waals surface area contributed by atoms with Gasteiger partial charge in [-0.05, 0) is 42.5 Å². The normalized spacial score (nSPS) is 11.0. The minimum Gasteiger partial charge on any atom is -0.457 e. The molecule has 0 spiro atoms. The lowest BCUT2D eigenvalue weighted by atomic mass is 10.2. The van der Waals surface area contributed by atoms with E-state index in [1.165, 1.54) is 6.08 Å². The Morgan fingerprint density at radius 2 is 1.77 bits per heavy atom. The minimum atomic E-state index is -0.546. The molecule has 26 heavy (non-hydrogen) atoms. The van der Waals surface area contributed by atoms with Crippen molar-refractivity contribution in [2.24, 2.45) is 0 Å². The summed E-state index contributed by atoms with van der Waals surface area (Å²) in [5.41, 5.74) is 1.22. The van der Waals surface area contributed by atoms with Crippen molar-refractivity contribution in [2.45, 2.75) is 0 Å². The van der Waals surface area contributed by atoms with E-state index in [2.05, 4.69) is 5.32 Å². The van der Waals surface area contributed by atoms with Crippen LogP contribution in [0, 0.1) is 11.3 Å². The van der Waals surface area contributed by atoms with Crippen molar-refractivity contribution in [1.29, 1.82) is 5.26 Å². The number of benzene rings is 2. The molecule has 0 unspecified atom stereocenters. The maximum absolute atomic E-state index is 12.3. The highest BCUT2D eigenvalue weighted by molar-refractivity contribution is 6.31. The summed E-state index contributed by atoms with van der Waals surface area (Å²) in [6.45, 7) is 0. The van der Waals surface area contributed by atoms with E-state index < -0.39 is 5.91 Å². The molecule has 1 N–H and O–H groups in total. The maximum Gasteiger partial charge on any atom is 0.266 e. The second-order valence-corrected chi connectivity index (χ2v) is 6.22. The molecular formula is C20H12Cl2N2O2. The fraction of sp³-hybridized carbons (Fsp3) is 0. The maximum atomic E-state index is 12.3. The van der Waals surface area contributed by atoms with Gasteiger partial charge in [0.2, 0.25) is 0 Å². The standard InChI is InChI=1S/C20H12Cl2N2O2/c21-15-4-1-3-13(9-15)19-8-7-18(26-19)10-14(12-23)20(25)24-17-6-2-5-16(22)11-17/h1-11H,(H,24,25). The van der Waals surface area contributed by atoms with Gasteiger partial charge in [0.1, 0.15) is 23.2 Å². The quantitative estimate of drug-likeness (QED) is 0.457. The van der Waals surface area contributed by atoms with Crippen LogP contribution in [0.15, 0.2) is 70.7 Å². The van der Waals surface area contributed by atoms with Crippen molar-refractivity contribution in [3.05, 3.63) is 82.0 Å². The Balaban J connectivity index is 1.81. The van der Waals surface area contributed by atoms with E-state index in [0.717, 1.165) is 5.56 Å². The summed E-state index contributed by atoms with van der Waals surface area (Å²) in [5, 5.41) is 13.0. The van der Waals surface area contributed by atoms with Crippen LogP contribution in [0.25, 0.3) is 17.4 Å². The average molecular weight is 383 g/mol. The SMILES string of the molecule is N#CC(=Cc1ccc(-c2cccc(Cl)c2)o1)C(=O)Nc1cccc(Cl)c1. The Morgan fingerprint density at radius 1 is 1.04 bits per heavy atom. The first kappa shape index (κ1) is 17.8. The van der Waals surface area contributed by atoms with Crippen LogP contribution in [-0.2, 0) is 4.79 Å². The smallest absolute Gasteiger partial charge is 0.266 e. The monoisotopic (exact) mass is 382 g/mol. The van der Waals surface area contributed by atoms with Crippen LogP contribution in [0.3, 0.4) is 0 Å². The molecule has 4 nitrogen and oxygen atoms in total. The molecule has 0 saturated heterocycles. The summed E-state index contributed by atoms with van der Waals surface area (Å²) in [6, 6.07) is 19.2. The number of anilines is 1. The molecule has 0 aliphatic rings. The van der Waals surface area contributed by atoms with Crippen LogP contribution in [-0.4, -0.2) is 5.91 Å². The third-order valence-corrected chi connectivity index (χ3v) is 3.94. The van der Waals surface area contributed by atoms with Crippen molar-refractivity contribution in [3.8, 4) is 17.4 Å².